The van der Waals surface area contributed by atoms with Crippen LogP contribution in [-0.4, -0.2) is 21.6 Å². The van der Waals surface area contributed by atoms with Crippen LogP contribution in [0.2, 0.25) is 0 Å². The first-order chi connectivity index (χ1) is 24.1. The van der Waals surface area contributed by atoms with E-state index in [9.17, 15) is 0 Å². The second kappa shape index (κ2) is 9.98. The van der Waals surface area contributed by atoms with Gasteiger partial charge in [0.05, 0.1) is 5.70 Å². The predicted molar refractivity (Wildman–Crippen MR) is 212 cm³/mol. The summed E-state index contributed by atoms with van der Waals surface area (Å²) in [6.45, 7) is 18.9. The van der Waals surface area contributed by atoms with Crippen molar-refractivity contribution in [2.45, 2.75) is 60.8 Å². The number of fused-ring (bicyclic) bond motifs is 7. The minimum Gasteiger partial charge on any atom is -0.201 e. The van der Waals surface area contributed by atoms with Crippen molar-refractivity contribution in [3.63, 3.8) is 0 Å². The number of nitrogens with zero attached hydrogens (tertiary/aromatic N) is 2. The fourth-order valence-electron chi connectivity index (χ4n) is 10.4. The van der Waals surface area contributed by atoms with Crippen molar-refractivity contribution in [1.82, 2.24) is 4.57 Å². The zero-order valence-corrected chi connectivity index (χ0v) is 30.4. The molecular formula is C47H42BN2+. The molecule has 5 aliphatic rings. The minimum atomic E-state index is -0.0975. The van der Waals surface area contributed by atoms with Crippen LogP contribution in [0.25, 0.3) is 38.9 Å². The first-order valence-corrected chi connectivity index (χ1v) is 18.2. The molecule has 3 aliphatic heterocycles. The third kappa shape index (κ3) is 3.63. The van der Waals surface area contributed by atoms with E-state index in [4.69, 9.17) is 0 Å². The molecule has 1 aromatic heterocycles. The number of allylic oxidation sites excluding steroid dienone is 10. The van der Waals surface area contributed by atoms with Crippen molar-refractivity contribution in [2.75, 3.05) is 0 Å². The highest BCUT2D eigenvalue weighted by Crippen LogP contribution is 2.54. The molecule has 2 nitrogen and oxygen atoms in total. The van der Waals surface area contributed by atoms with Gasteiger partial charge in [-0.05, 0) is 126 Å². The van der Waals surface area contributed by atoms with Crippen LogP contribution in [0.1, 0.15) is 55.5 Å². The van der Waals surface area contributed by atoms with Gasteiger partial charge in [0.1, 0.15) is 22.8 Å². The number of benzene rings is 4. The van der Waals surface area contributed by atoms with Crippen molar-refractivity contribution < 1.29 is 4.58 Å². The van der Waals surface area contributed by atoms with E-state index >= 15 is 0 Å². The summed E-state index contributed by atoms with van der Waals surface area (Å²) in [6.07, 6.45) is 9.61. The molecule has 4 heterocycles. The van der Waals surface area contributed by atoms with E-state index in [0.29, 0.717) is 0 Å². The Morgan fingerprint density at radius 3 is 2.16 bits per heavy atom. The zero-order chi connectivity index (χ0) is 34.4. The van der Waals surface area contributed by atoms with Crippen LogP contribution in [0.15, 0.2) is 131 Å². The van der Waals surface area contributed by atoms with E-state index in [0.717, 1.165) is 0 Å². The van der Waals surface area contributed by atoms with Gasteiger partial charge in [0.15, 0.2) is 0 Å². The normalized spacial score (nSPS) is 19.4. The quantitative estimate of drug-likeness (QED) is 0.133. The molecule has 5 aromatic rings. The monoisotopic (exact) mass is 645 g/mol. The minimum absolute atomic E-state index is 0.0975. The van der Waals surface area contributed by atoms with Gasteiger partial charge in [-0.25, -0.2) is 4.58 Å². The lowest BCUT2D eigenvalue weighted by Crippen LogP contribution is -2.56. The molecule has 0 N–H and O–H groups in total. The highest BCUT2D eigenvalue weighted by Gasteiger charge is 2.55. The Labute approximate surface area is 296 Å². The van der Waals surface area contributed by atoms with Crippen LogP contribution in [0, 0.1) is 33.6 Å². The van der Waals surface area contributed by atoms with E-state index in [-0.39, 0.29) is 18.0 Å². The smallest absolute Gasteiger partial charge is 0.201 e. The molecule has 0 amide bonds. The average molecular weight is 646 g/mol. The largest absolute Gasteiger partial charge is 0.292 e. The van der Waals surface area contributed by atoms with Crippen molar-refractivity contribution >= 4 is 40.3 Å². The predicted octanol–water partition coefficient (Wildman–Crippen LogP) is 10.7. The van der Waals surface area contributed by atoms with Crippen molar-refractivity contribution in [1.29, 1.82) is 0 Å². The van der Waals surface area contributed by atoms with Crippen LogP contribution in [0.4, 0.5) is 5.82 Å². The summed E-state index contributed by atoms with van der Waals surface area (Å²) < 4.78 is 5.27. The standard InChI is InChI=1S/C47H42BN2/c1-26-14-11-15-27(2)42(26)33-22-35(43-28(3)16-12-17-29(43)4)34-25-41-49-31(6)30(5)48-38-20-10-9-19-36(38)47(7,8)37-23-32-18-13-21-39(50(41)40(34)24-33)44(32)46(49)45(37)48/h9-25,44H,1-8H3/q+1. The van der Waals surface area contributed by atoms with Gasteiger partial charge in [-0.2, -0.15) is 4.57 Å². The number of aryl methyl sites for hydroxylation is 4. The third-order valence-corrected chi connectivity index (χ3v) is 12.7. The average Bonchev–Trinajstić information content (AvgIpc) is 3.48. The fraction of sp³-hybridized carbons (Fsp3) is 0.213. The lowest BCUT2D eigenvalue weighted by atomic mass is 9.28. The Bertz CT molecular complexity index is 2580. The number of hydrogen-bond acceptors (Lipinski definition) is 0. The summed E-state index contributed by atoms with van der Waals surface area (Å²) in [6, 6.07) is 30.1. The van der Waals surface area contributed by atoms with Gasteiger partial charge in [0.25, 0.3) is 5.82 Å². The van der Waals surface area contributed by atoms with E-state index in [2.05, 4.69) is 168 Å². The maximum atomic E-state index is 2.66. The van der Waals surface area contributed by atoms with Crippen molar-refractivity contribution in [3.8, 4) is 22.3 Å². The second-order valence-electron chi connectivity index (χ2n) is 15.8. The van der Waals surface area contributed by atoms with Crippen LogP contribution < -0.4 is 5.46 Å². The lowest BCUT2D eigenvalue weighted by molar-refractivity contribution is -0.394. The molecule has 0 saturated carbocycles. The van der Waals surface area contributed by atoms with E-state index in [1.165, 1.54) is 111 Å². The van der Waals surface area contributed by atoms with E-state index in [1.54, 1.807) is 0 Å². The maximum absolute atomic E-state index is 2.66. The molecular weight excluding hydrogens is 603 g/mol. The van der Waals surface area contributed by atoms with Crippen LogP contribution in [0.5, 0.6) is 0 Å². The third-order valence-electron chi connectivity index (χ3n) is 12.7. The van der Waals surface area contributed by atoms with Gasteiger partial charge in [-0.15, -0.1) is 0 Å². The molecule has 0 radical (unpaired) electrons. The second-order valence-corrected chi connectivity index (χ2v) is 15.8. The molecule has 50 heavy (non-hydrogen) atoms. The molecule has 3 heteroatoms. The molecule has 1 unspecified atom stereocenters. The lowest BCUT2D eigenvalue weighted by Gasteiger charge is -2.47. The van der Waals surface area contributed by atoms with Crippen LogP contribution in [0.3, 0.4) is 0 Å². The molecule has 1 atom stereocenters. The van der Waals surface area contributed by atoms with Crippen LogP contribution >= 0.6 is 0 Å². The number of rotatable bonds is 2. The Morgan fingerprint density at radius 2 is 1.44 bits per heavy atom. The molecule has 0 bridgehead atoms. The first kappa shape index (κ1) is 29.7. The maximum Gasteiger partial charge on any atom is 0.292 e. The Hall–Kier alpha value is -5.15. The van der Waals surface area contributed by atoms with E-state index < -0.39 is 0 Å². The van der Waals surface area contributed by atoms with Gasteiger partial charge < -0.3 is 0 Å². The van der Waals surface area contributed by atoms with Gasteiger partial charge >= 0.3 is 0 Å². The van der Waals surface area contributed by atoms with Gasteiger partial charge in [-0.1, -0.05) is 104 Å². The highest BCUT2D eigenvalue weighted by molar-refractivity contribution is 6.91. The number of aromatic nitrogens is 1. The molecule has 4 aromatic carbocycles. The number of hydrogen-bond donors (Lipinski definition) is 0. The highest BCUT2D eigenvalue weighted by atomic mass is 15.2. The van der Waals surface area contributed by atoms with Crippen molar-refractivity contribution in [2.24, 2.45) is 5.92 Å². The molecule has 0 spiro atoms. The Balaban J connectivity index is 1.36. The summed E-state index contributed by atoms with van der Waals surface area (Å²) in [7, 11) is 0. The van der Waals surface area contributed by atoms with Gasteiger partial charge in [0.2, 0.25) is 6.71 Å². The van der Waals surface area contributed by atoms with Gasteiger partial charge in [0, 0.05) is 16.9 Å². The fourth-order valence-corrected chi connectivity index (χ4v) is 10.4. The Morgan fingerprint density at radius 1 is 0.760 bits per heavy atom. The molecule has 10 rings (SSSR count). The van der Waals surface area contributed by atoms with Crippen molar-refractivity contribution in [3.05, 3.63) is 159 Å². The first-order valence-electron chi connectivity index (χ1n) is 18.2. The molecule has 0 fully saturated rings. The molecule has 242 valence electrons. The summed E-state index contributed by atoms with van der Waals surface area (Å²) in [5.41, 5.74) is 24.6. The topological polar surface area (TPSA) is 7.94 Å². The summed E-state index contributed by atoms with van der Waals surface area (Å²) in [4.78, 5) is 0. The summed E-state index contributed by atoms with van der Waals surface area (Å²) in [5.74, 6) is 1.42. The Kier molecular flexibility index (Phi) is 5.93. The molecule has 2 aliphatic carbocycles. The zero-order valence-electron chi connectivity index (χ0n) is 30.4. The SMILES string of the molecule is CC1=C(C)[N+]2=C3C4=C(C=C5C=CC=C(C53)n3c2cc2c(-c5c(C)cccc5C)cc(-c5c(C)cccc5C)cc23)C(C)(C)c2ccccc2B14. The molecule has 0 saturated heterocycles. The summed E-state index contributed by atoms with van der Waals surface area (Å²) >= 11 is 0. The van der Waals surface area contributed by atoms with E-state index in [1.807, 2.05) is 0 Å². The van der Waals surface area contributed by atoms with Crippen LogP contribution in [-0.2, 0) is 5.41 Å². The van der Waals surface area contributed by atoms with Gasteiger partial charge in [-0.3, -0.25) is 0 Å². The summed E-state index contributed by atoms with van der Waals surface area (Å²) in [5, 5.41) is 1.31.